The highest BCUT2D eigenvalue weighted by Gasteiger charge is 2.56. The van der Waals surface area contributed by atoms with Crippen molar-refractivity contribution in [2.75, 3.05) is 13.1 Å². The molecule has 1 aromatic rings. The minimum atomic E-state index is -0.515. The van der Waals surface area contributed by atoms with E-state index in [0.29, 0.717) is 10.7 Å². The highest BCUT2D eigenvalue weighted by molar-refractivity contribution is 6.30. The van der Waals surface area contributed by atoms with E-state index in [0.717, 1.165) is 44.3 Å². The first-order valence-electron chi connectivity index (χ1n) is 9.39. The predicted molar refractivity (Wildman–Crippen MR) is 103 cm³/mol. The molecule has 1 aromatic carbocycles. The van der Waals surface area contributed by atoms with Gasteiger partial charge in [-0.1, -0.05) is 43.7 Å². The standard InChI is InChI=1S/C21H27ClN2O2/c1-19(2)12-20(11-16(23)17(19)25)9-10-24(13-20)18(26)21(7-8-21)14-3-5-15(22)6-4-14/h3-6,11,18,26H,7-10,12-13,23H2,1-2H3/t18?,20-/m0/s1. The Balaban J connectivity index is 1.56. The molecule has 0 bridgehead atoms. The summed E-state index contributed by atoms with van der Waals surface area (Å²) in [7, 11) is 0. The fraction of sp³-hybridized carbons (Fsp3) is 0.571. The Bertz CT molecular complexity index is 767. The van der Waals surface area contributed by atoms with E-state index in [1.807, 2.05) is 44.2 Å². The summed E-state index contributed by atoms with van der Waals surface area (Å²) >= 11 is 6.02. The van der Waals surface area contributed by atoms with Crippen molar-refractivity contribution in [1.82, 2.24) is 4.90 Å². The van der Waals surface area contributed by atoms with Crippen molar-refractivity contribution >= 4 is 17.4 Å². The number of halogens is 1. The van der Waals surface area contributed by atoms with Gasteiger partial charge in [0.2, 0.25) is 0 Å². The number of carbonyl (C=O) groups excluding carboxylic acids is 1. The van der Waals surface area contributed by atoms with Crippen molar-refractivity contribution < 1.29 is 9.90 Å². The van der Waals surface area contributed by atoms with Gasteiger partial charge in [0.25, 0.3) is 0 Å². The molecule has 3 N–H and O–H groups in total. The second-order valence-electron chi connectivity index (χ2n) is 9.11. The van der Waals surface area contributed by atoms with Crippen LogP contribution in [0.15, 0.2) is 36.0 Å². The molecule has 2 fully saturated rings. The molecule has 4 rings (SSSR count). The zero-order valence-corrected chi connectivity index (χ0v) is 16.2. The first-order valence-corrected chi connectivity index (χ1v) is 9.77. The van der Waals surface area contributed by atoms with Gasteiger partial charge in [-0.25, -0.2) is 0 Å². The van der Waals surface area contributed by atoms with E-state index >= 15 is 0 Å². The molecule has 5 heteroatoms. The number of allylic oxidation sites excluding steroid dienone is 1. The van der Waals surface area contributed by atoms with Crippen molar-refractivity contribution in [3.8, 4) is 0 Å². The zero-order valence-electron chi connectivity index (χ0n) is 15.5. The third-order valence-electron chi connectivity index (χ3n) is 6.60. The minimum absolute atomic E-state index is 0.0435. The van der Waals surface area contributed by atoms with Gasteiger partial charge in [-0.2, -0.15) is 0 Å². The van der Waals surface area contributed by atoms with Gasteiger partial charge in [0.05, 0.1) is 5.70 Å². The second kappa shape index (κ2) is 5.82. The molecule has 140 valence electrons. The van der Waals surface area contributed by atoms with Gasteiger partial charge in [-0.15, -0.1) is 0 Å². The molecule has 4 nitrogen and oxygen atoms in total. The maximum absolute atomic E-state index is 12.3. The molecular weight excluding hydrogens is 348 g/mol. The third kappa shape index (κ3) is 2.79. The number of nitrogens with two attached hydrogens (primary N) is 1. The van der Waals surface area contributed by atoms with Crippen LogP contribution in [0.1, 0.15) is 45.1 Å². The number of Topliss-reactive ketones (excluding diaryl/α,β-unsaturated/α-hetero) is 1. The Kier molecular flexibility index (Phi) is 4.03. The number of likely N-dealkylation sites (tertiary alicyclic amines) is 1. The molecular formula is C21H27ClN2O2. The van der Waals surface area contributed by atoms with E-state index in [4.69, 9.17) is 17.3 Å². The highest BCUT2D eigenvalue weighted by atomic mass is 35.5. The van der Waals surface area contributed by atoms with Crippen LogP contribution in [0.3, 0.4) is 0 Å². The average Bonchev–Trinajstić information content (AvgIpc) is 3.29. The zero-order chi connectivity index (χ0) is 18.7. The summed E-state index contributed by atoms with van der Waals surface area (Å²) in [6.45, 7) is 5.53. The van der Waals surface area contributed by atoms with E-state index in [1.54, 1.807) is 0 Å². The lowest BCUT2D eigenvalue weighted by Crippen LogP contribution is -2.46. The van der Waals surface area contributed by atoms with Crippen LogP contribution < -0.4 is 5.73 Å². The van der Waals surface area contributed by atoms with Crippen molar-refractivity contribution in [3.05, 3.63) is 46.6 Å². The summed E-state index contributed by atoms with van der Waals surface area (Å²) in [5.74, 6) is 0.0435. The Labute approximate surface area is 160 Å². The van der Waals surface area contributed by atoms with Crippen molar-refractivity contribution in [2.24, 2.45) is 16.6 Å². The van der Waals surface area contributed by atoms with Crippen molar-refractivity contribution in [3.63, 3.8) is 0 Å². The summed E-state index contributed by atoms with van der Waals surface area (Å²) < 4.78 is 0. The first kappa shape index (κ1) is 18.0. The molecule has 1 spiro atoms. The number of benzene rings is 1. The number of aliphatic hydroxyl groups is 1. The molecule has 1 saturated heterocycles. The lowest BCUT2D eigenvalue weighted by molar-refractivity contribution is -0.125. The summed E-state index contributed by atoms with van der Waals surface area (Å²) in [6.07, 6.45) is 5.14. The van der Waals surface area contributed by atoms with Crippen LogP contribution in [0.25, 0.3) is 0 Å². The first-order chi connectivity index (χ1) is 12.2. The molecule has 1 aliphatic heterocycles. The van der Waals surface area contributed by atoms with Gasteiger partial charge in [-0.3, -0.25) is 9.69 Å². The fourth-order valence-electron chi connectivity index (χ4n) is 5.16. The Morgan fingerprint density at radius 2 is 1.85 bits per heavy atom. The van der Waals surface area contributed by atoms with Gasteiger partial charge < -0.3 is 10.8 Å². The number of aliphatic hydroxyl groups excluding tert-OH is 1. The van der Waals surface area contributed by atoms with E-state index < -0.39 is 11.6 Å². The van der Waals surface area contributed by atoms with Crippen LogP contribution in [0.2, 0.25) is 5.02 Å². The Morgan fingerprint density at radius 3 is 2.42 bits per heavy atom. The molecule has 1 unspecified atom stereocenters. The van der Waals surface area contributed by atoms with Crippen LogP contribution in [0.5, 0.6) is 0 Å². The molecule has 26 heavy (non-hydrogen) atoms. The van der Waals surface area contributed by atoms with Crippen LogP contribution in [-0.4, -0.2) is 35.1 Å². The van der Waals surface area contributed by atoms with Crippen LogP contribution in [0, 0.1) is 10.8 Å². The quantitative estimate of drug-likeness (QED) is 0.852. The van der Waals surface area contributed by atoms with E-state index in [-0.39, 0.29) is 16.6 Å². The Hall–Kier alpha value is -1.36. The van der Waals surface area contributed by atoms with Crippen LogP contribution in [0.4, 0.5) is 0 Å². The molecule has 1 heterocycles. The topological polar surface area (TPSA) is 66.6 Å². The lowest BCUT2D eigenvalue weighted by Gasteiger charge is -2.40. The number of nitrogens with zero attached hydrogens (tertiary/aromatic N) is 1. The number of carbonyl (C=O) groups is 1. The van der Waals surface area contributed by atoms with Crippen LogP contribution in [-0.2, 0) is 10.2 Å². The van der Waals surface area contributed by atoms with Gasteiger partial charge >= 0.3 is 0 Å². The smallest absolute Gasteiger partial charge is 0.183 e. The summed E-state index contributed by atoms with van der Waals surface area (Å²) in [5.41, 5.74) is 6.86. The van der Waals surface area contributed by atoms with Gasteiger partial charge in [0.1, 0.15) is 6.23 Å². The van der Waals surface area contributed by atoms with Gasteiger partial charge in [0.15, 0.2) is 5.78 Å². The number of rotatable bonds is 3. The number of hydrogen-bond donors (Lipinski definition) is 2. The van der Waals surface area contributed by atoms with Gasteiger partial charge in [0, 0.05) is 34.4 Å². The largest absolute Gasteiger partial charge is 0.396 e. The second-order valence-corrected chi connectivity index (χ2v) is 9.55. The van der Waals surface area contributed by atoms with Gasteiger partial charge in [-0.05, 0) is 43.4 Å². The SMILES string of the molecule is CC1(C)C[C@@]2(C=C(N)C1=O)CCN(C(O)C1(c3ccc(Cl)cc3)CC1)C2. The van der Waals surface area contributed by atoms with Crippen molar-refractivity contribution in [2.45, 2.75) is 51.2 Å². The summed E-state index contributed by atoms with van der Waals surface area (Å²) in [5, 5.41) is 11.9. The normalized spacial score (nSPS) is 31.1. The fourth-order valence-corrected chi connectivity index (χ4v) is 5.29. The summed E-state index contributed by atoms with van der Waals surface area (Å²) in [4.78, 5) is 14.5. The molecule has 0 aromatic heterocycles. The monoisotopic (exact) mass is 374 g/mol. The molecule has 0 amide bonds. The molecule has 2 aliphatic carbocycles. The maximum atomic E-state index is 12.3. The third-order valence-corrected chi connectivity index (χ3v) is 6.85. The molecule has 1 saturated carbocycles. The van der Waals surface area contributed by atoms with Crippen LogP contribution >= 0.6 is 11.6 Å². The maximum Gasteiger partial charge on any atom is 0.183 e. The van der Waals surface area contributed by atoms with E-state index in [9.17, 15) is 9.90 Å². The Morgan fingerprint density at radius 1 is 1.19 bits per heavy atom. The molecule has 0 radical (unpaired) electrons. The molecule has 3 aliphatic rings. The van der Waals surface area contributed by atoms with Crippen molar-refractivity contribution in [1.29, 1.82) is 0 Å². The summed E-state index contributed by atoms with van der Waals surface area (Å²) in [6, 6.07) is 7.86. The molecule has 2 atom stereocenters. The number of hydrogen-bond acceptors (Lipinski definition) is 4. The number of ketones is 1. The average molecular weight is 375 g/mol. The highest BCUT2D eigenvalue weighted by Crippen LogP contribution is 2.54. The lowest BCUT2D eigenvalue weighted by atomic mass is 9.65. The minimum Gasteiger partial charge on any atom is -0.396 e. The van der Waals surface area contributed by atoms with E-state index in [1.165, 1.54) is 0 Å². The van der Waals surface area contributed by atoms with E-state index in [2.05, 4.69) is 4.90 Å². The predicted octanol–water partition coefficient (Wildman–Crippen LogP) is 3.22.